The van der Waals surface area contributed by atoms with E-state index in [1.165, 1.54) is 0 Å². The zero-order chi connectivity index (χ0) is 14.5. The van der Waals surface area contributed by atoms with E-state index in [1.54, 1.807) is 27.7 Å². The van der Waals surface area contributed by atoms with Crippen molar-refractivity contribution in [2.45, 2.75) is 59.6 Å². The van der Waals surface area contributed by atoms with Crippen molar-refractivity contribution < 1.29 is 14.3 Å². The van der Waals surface area contributed by atoms with E-state index in [9.17, 15) is 9.59 Å². The number of hydrogen-bond donors (Lipinski definition) is 1. The number of ether oxygens (including phenoxy) is 1. The van der Waals surface area contributed by atoms with Crippen LogP contribution < -0.4 is 5.32 Å². The fraction of sp³-hybridized carbons (Fsp3) is 0.714. The fourth-order valence-corrected chi connectivity index (χ4v) is 1.45. The predicted octanol–water partition coefficient (Wildman–Crippen LogP) is 3.07. The molecular weight excluding hydrogens is 230 g/mol. The Morgan fingerprint density at radius 2 is 1.78 bits per heavy atom. The van der Waals surface area contributed by atoms with E-state index >= 15 is 0 Å². The fourth-order valence-electron chi connectivity index (χ4n) is 1.45. The van der Waals surface area contributed by atoms with E-state index in [4.69, 9.17) is 4.74 Å². The molecule has 0 aromatic heterocycles. The van der Waals surface area contributed by atoms with Crippen LogP contribution in [-0.4, -0.2) is 23.5 Å². The van der Waals surface area contributed by atoms with Gasteiger partial charge in [0, 0.05) is 0 Å². The standard InChI is InChI=1S/C14H25NO3/c1-9(2)8-11(12(16)10(3)4)15-13(17)18-14(5,6)7/h9,11H,3,8H2,1-2,4-7H3,(H,15,17)/t11-/m1/s1. The molecule has 0 bridgehead atoms. The summed E-state index contributed by atoms with van der Waals surface area (Å²) in [5, 5.41) is 2.61. The number of rotatable bonds is 5. The average molecular weight is 255 g/mol. The van der Waals surface area contributed by atoms with Gasteiger partial charge in [-0.2, -0.15) is 0 Å². The van der Waals surface area contributed by atoms with Gasteiger partial charge in [-0.1, -0.05) is 20.4 Å². The van der Waals surface area contributed by atoms with Gasteiger partial charge in [0.1, 0.15) is 5.60 Å². The van der Waals surface area contributed by atoms with Crippen LogP contribution in [0.25, 0.3) is 0 Å². The largest absolute Gasteiger partial charge is 0.444 e. The second-order valence-corrected chi connectivity index (χ2v) is 5.97. The molecule has 0 spiro atoms. The van der Waals surface area contributed by atoms with Crippen LogP contribution in [0.4, 0.5) is 4.79 Å². The van der Waals surface area contributed by atoms with Crippen LogP contribution in [0.5, 0.6) is 0 Å². The molecule has 0 heterocycles. The molecule has 0 rings (SSSR count). The van der Waals surface area contributed by atoms with Crippen molar-refractivity contribution in [1.82, 2.24) is 5.32 Å². The lowest BCUT2D eigenvalue weighted by Gasteiger charge is -2.24. The van der Waals surface area contributed by atoms with Gasteiger partial charge in [0.25, 0.3) is 0 Å². The normalized spacial score (nSPS) is 13.1. The van der Waals surface area contributed by atoms with Gasteiger partial charge >= 0.3 is 6.09 Å². The topological polar surface area (TPSA) is 55.4 Å². The van der Waals surface area contributed by atoms with Crippen molar-refractivity contribution in [3.8, 4) is 0 Å². The summed E-state index contributed by atoms with van der Waals surface area (Å²) in [7, 11) is 0. The summed E-state index contributed by atoms with van der Waals surface area (Å²) in [5.41, 5.74) is -0.129. The molecular formula is C14H25NO3. The minimum Gasteiger partial charge on any atom is -0.444 e. The van der Waals surface area contributed by atoms with Gasteiger partial charge in [-0.25, -0.2) is 4.79 Å². The van der Waals surface area contributed by atoms with E-state index in [0.29, 0.717) is 17.9 Å². The van der Waals surface area contributed by atoms with Crippen LogP contribution in [0.3, 0.4) is 0 Å². The Labute approximate surface area is 110 Å². The molecule has 0 aliphatic rings. The Morgan fingerprint density at radius 1 is 1.28 bits per heavy atom. The summed E-state index contributed by atoms with van der Waals surface area (Å²) in [4.78, 5) is 23.6. The van der Waals surface area contributed by atoms with Crippen molar-refractivity contribution in [2.75, 3.05) is 0 Å². The van der Waals surface area contributed by atoms with E-state index in [0.717, 1.165) is 0 Å². The summed E-state index contributed by atoms with van der Waals surface area (Å²) < 4.78 is 5.15. The molecule has 18 heavy (non-hydrogen) atoms. The molecule has 0 unspecified atom stereocenters. The number of carbonyl (C=O) groups excluding carboxylic acids is 2. The SMILES string of the molecule is C=C(C)C(=O)[C@@H](CC(C)C)NC(=O)OC(C)(C)C. The van der Waals surface area contributed by atoms with Crippen molar-refractivity contribution >= 4 is 11.9 Å². The third-order valence-electron chi connectivity index (χ3n) is 2.14. The number of ketones is 1. The first kappa shape index (κ1) is 16.7. The monoisotopic (exact) mass is 255 g/mol. The van der Waals surface area contributed by atoms with Gasteiger partial charge in [-0.05, 0) is 45.6 Å². The smallest absolute Gasteiger partial charge is 0.408 e. The van der Waals surface area contributed by atoms with Crippen LogP contribution in [-0.2, 0) is 9.53 Å². The van der Waals surface area contributed by atoms with Crippen LogP contribution in [0.15, 0.2) is 12.2 Å². The summed E-state index contributed by atoms with van der Waals surface area (Å²) >= 11 is 0. The Hall–Kier alpha value is -1.32. The molecule has 1 N–H and O–H groups in total. The summed E-state index contributed by atoms with van der Waals surface area (Å²) in [6.45, 7) is 14.6. The Morgan fingerprint density at radius 3 is 2.11 bits per heavy atom. The number of amides is 1. The maximum absolute atomic E-state index is 11.9. The molecule has 104 valence electrons. The van der Waals surface area contributed by atoms with Crippen molar-refractivity contribution in [1.29, 1.82) is 0 Å². The van der Waals surface area contributed by atoms with E-state index in [2.05, 4.69) is 11.9 Å². The maximum atomic E-state index is 11.9. The first-order chi connectivity index (χ1) is 8.03. The van der Waals surface area contributed by atoms with Gasteiger partial charge in [-0.15, -0.1) is 0 Å². The van der Waals surface area contributed by atoms with Gasteiger partial charge in [0.2, 0.25) is 0 Å². The lowest BCUT2D eigenvalue weighted by atomic mass is 9.97. The highest BCUT2D eigenvalue weighted by atomic mass is 16.6. The number of carbonyl (C=O) groups is 2. The lowest BCUT2D eigenvalue weighted by Crippen LogP contribution is -2.44. The molecule has 1 amide bonds. The Bertz CT molecular complexity index is 326. The van der Waals surface area contributed by atoms with E-state index < -0.39 is 17.7 Å². The first-order valence-corrected chi connectivity index (χ1v) is 6.22. The highest BCUT2D eigenvalue weighted by Gasteiger charge is 2.25. The second-order valence-electron chi connectivity index (χ2n) is 5.97. The molecule has 0 aromatic carbocycles. The molecule has 0 saturated heterocycles. The van der Waals surface area contributed by atoms with Gasteiger partial charge in [0.15, 0.2) is 5.78 Å². The molecule has 0 aromatic rings. The van der Waals surface area contributed by atoms with Gasteiger partial charge in [0.05, 0.1) is 6.04 Å². The zero-order valence-electron chi connectivity index (χ0n) is 12.3. The number of Topliss-reactive ketones (excluding diaryl/α,β-unsaturated/α-hetero) is 1. The predicted molar refractivity (Wildman–Crippen MR) is 72.4 cm³/mol. The van der Waals surface area contributed by atoms with Crippen LogP contribution >= 0.6 is 0 Å². The number of nitrogens with one attached hydrogen (secondary N) is 1. The molecule has 0 radical (unpaired) electrons. The van der Waals surface area contributed by atoms with Crippen molar-refractivity contribution in [2.24, 2.45) is 5.92 Å². The molecule has 1 atom stereocenters. The minimum absolute atomic E-state index is 0.144. The maximum Gasteiger partial charge on any atom is 0.408 e. The Kier molecular flexibility index (Phi) is 6.09. The first-order valence-electron chi connectivity index (χ1n) is 6.22. The average Bonchev–Trinajstić information content (AvgIpc) is 2.11. The molecule has 4 heteroatoms. The quantitative estimate of drug-likeness (QED) is 0.768. The highest BCUT2D eigenvalue weighted by Crippen LogP contribution is 2.11. The number of alkyl carbamates (subject to hydrolysis) is 1. The molecule has 0 saturated carbocycles. The molecule has 0 aliphatic carbocycles. The summed E-state index contributed by atoms with van der Waals surface area (Å²) in [6.07, 6.45) is 0.00744. The zero-order valence-corrected chi connectivity index (χ0v) is 12.3. The van der Waals surface area contributed by atoms with E-state index in [1.807, 2.05) is 13.8 Å². The molecule has 0 aliphatic heterocycles. The van der Waals surface area contributed by atoms with Crippen LogP contribution in [0.2, 0.25) is 0 Å². The second kappa shape index (κ2) is 6.57. The Balaban J connectivity index is 4.65. The van der Waals surface area contributed by atoms with E-state index in [-0.39, 0.29) is 5.78 Å². The van der Waals surface area contributed by atoms with Crippen LogP contribution in [0.1, 0.15) is 48.0 Å². The van der Waals surface area contributed by atoms with Gasteiger partial charge in [-0.3, -0.25) is 4.79 Å². The number of hydrogen-bond acceptors (Lipinski definition) is 3. The minimum atomic E-state index is -0.571. The summed E-state index contributed by atoms with van der Waals surface area (Å²) in [5.74, 6) is 0.155. The molecule has 4 nitrogen and oxygen atoms in total. The van der Waals surface area contributed by atoms with Gasteiger partial charge < -0.3 is 10.1 Å². The van der Waals surface area contributed by atoms with Crippen LogP contribution in [0, 0.1) is 5.92 Å². The summed E-state index contributed by atoms with van der Waals surface area (Å²) in [6, 6.07) is -0.558. The third kappa shape index (κ3) is 7.09. The molecule has 0 fully saturated rings. The highest BCUT2D eigenvalue weighted by molar-refractivity contribution is 5.99. The third-order valence-corrected chi connectivity index (χ3v) is 2.14. The van der Waals surface area contributed by atoms with Crippen molar-refractivity contribution in [3.63, 3.8) is 0 Å². The van der Waals surface area contributed by atoms with Crippen molar-refractivity contribution in [3.05, 3.63) is 12.2 Å². The lowest BCUT2D eigenvalue weighted by molar-refractivity contribution is -0.117.